The molecule has 1 fully saturated rings. The molecule has 1 aliphatic carbocycles. The summed E-state index contributed by atoms with van der Waals surface area (Å²) in [5.74, 6) is 1.16. The molecule has 0 saturated heterocycles. The van der Waals surface area contributed by atoms with Gasteiger partial charge < -0.3 is 5.32 Å². The van der Waals surface area contributed by atoms with E-state index in [1.165, 1.54) is 4.90 Å². The molecule has 1 saturated carbocycles. The van der Waals surface area contributed by atoms with E-state index in [0.717, 1.165) is 5.56 Å². The highest BCUT2D eigenvalue weighted by molar-refractivity contribution is 6.21. The van der Waals surface area contributed by atoms with Crippen LogP contribution in [0.2, 0.25) is 0 Å². The van der Waals surface area contributed by atoms with Crippen molar-refractivity contribution >= 4 is 17.8 Å². The van der Waals surface area contributed by atoms with Crippen LogP contribution >= 0.6 is 0 Å². The number of hydrogen-bond acceptors (Lipinski definition) is 4. The van der Waals surface area contributed by atoms with Crippen LogP contribution in [0.25, 0.3) is 0 Å². The van der Waals surface area contributed by atoms with Crippen molar-refractivity contribution in [1.82, 2.24) is 10.2 Å². The number of amides is 2. The minimum atomic E-state index is -0.660. The first-order chi connectivity index (χ1) is 12.6. The molecule has 1 heterocycles. The largest absolute Gasteiger partial charge is 0.303 e. The smallest absolute Gasteiger partial charge is 0.261 e. The van der Waals surface area contributed by atoms with Gasteiger partial charge in [-0.25, -0.2) is 4.79 Å². The second-order valence-corrected chi connectivity index (χ2v) is 6.54. The number of rotatable bonds is 5. The average molecular weight is 346 g/mol. The zero-order valence-corrected chi connectivity index (χ0v) is 14.4. The highest BCUT2D eigenvalue weighted by Crippen LogP contribution is 2.56. The van der Waals surface area contributed by atoms with Crippen molar-refractivity contribution in [3.8, 4) is 0 Å². The van der Waals surface area contributed by atoms with Crippen LogP contribution in [0.5, 0.6) is 0 Å². The highest BCUT2D eigenvalue weighted by Gasteiger charge is 2.63. The summed E-state index contributed by atoms with van der Waals surface area (Å²) in [4.78, 5) is 38.1. The van der Waals surface area contributed by atoms with Gasteiger partial charge >= 0.3 is 0 Å². The second kappa shape index (κ2) is 6.06. The monoisotopic (exact) mass is 346 g/mol. The van der Waals surface area contributed by atoms with E-state index in [4.69, 9.17) is 0 Å². The predicted octanol–water partition coefficient (Wildman–Crippen LogP) is 2.18. The van der Waals surface area contributed by atoms with E-state index in [1.54, 1.807) is 24.3 Å². The van der Waals surface area contributed by atoms with Crippen molar-refractivity contribution in [2.24, 2.45) is 5.92 Å². The van der Waals surface area contributed by atoms with Crippen molar-refractivity contribution in [1.29, 1.82) is 0 Å². The third-order valence-electron chi connectivity index (χ3n) is 5.25. The molecule has 2 aromatic rings. The maximum absolute atomic E-state index is 12.6. The third-order valence-corrected chi connectivity index (χ3v) is 5.25. The molecular formula is C21H18N2O3. The van der Waals surface area contributed by atoms with Crippen LogP contribution < -0.4 is 5.32 Å². The molecule has 2 aromatic carbocycles. The number of hydrogen-bond donors (Lipinski definition) is 1. The highest BCUT2D eigenvalue weighted by atomic mass is 16.2. The van der Waals surface area contributed by atoms with Gasteiger partial charge in [0.1, 0.15) is 5.94 Å². The minimum absolute atomic E-state index is 0.165. The van der Waals surface area contributed by atoms with Gasteiger partial charge in [-0.15, -0.1) is 0 Å². The fourth-order valence-electron chi connectivity index (χ4n) is 4.02. The summed E-state index contributed by atoms with van der Waals surface area (Å²) in [6.07, 6.45) is 0. The molecule has 2 amide bonds. The Kier molecular flexibility index (Phi) is 3.83. The van der Waals surface area contributed by atoms with E-state index < -0.39 is 5.54 Å². The molecule has 26 heavy (non-hydrogen) atoms. The van der Waals surface area contributed by atoms with Crippen LogP contribution in [0, 0.1) is 5.92 Å². The van der Waals surface area contributed by atoms with Gasteiger partial charge in [-0.1, -0.05) is 49.4 Å². The molecule has 0 bridgehead atoms. The molecule has 2 unspecified atom stereocenters. The van der Waals surface area contributed by atoms with Gasteiger partial charge in [0.05, 0.1) is 16.7 Å². The molecular weight excluding hydrogens is 328 g/mol. The number of likely N-dealkylation sites (N-methyl/N-ethyl adjacent to an activating group) is 1. The quantitative estimate of drug-likeness (QED) is 0.666. The number of benzene rings is 2. The van der Waals surface area contributed by atoms with E-state index in [9.17, 15) is 14.4 Å². The second-order valence-electron chi connectivity index (χ2n) is 6.54. The summed E-state index contributed by atoms with van der Waals surface area (Å²) in [6, 6.07) is 16.4. The van der Waals surface area contributed by atoms with Gasteiger partial charge in [-0.3, -0.25) is 14.5 Å². The summed E-state index contributed by atoms with van der Waals surface area (Å²) < 4.78 is 0. The lowest BCUT2D eigenvalue weighted by Gasteiger charge is -2.20. The van der Waals surface area contributed by atoms with Crippen molar-refractivity contribution in [3.05, 3.63) is 76.9 Å². The Morgan fingerprint density at radius 3 is 2.12 bits per heavy atom. The molecule has 0 aromatic heterocycles. The van der Waals surface area contributed by atoms with Gasteiger partial charge in [0.2, 0.25) is 0 Å². The van der Waals surface area contributed by atoms with Gasteiger partial charge in [-0.2, -0.15) is 0 Å². The lowest BCUT2D eigenvalue weighted by atomic mass is 10.0. The third kappa shape index (κ3) is 2.18. The number of fused-ring (bicyclic) bond motifs is 1. The van der Waals surface area contributed by atoms with Crippen LogP contribution in [0.4, 0.5) is 0 Å². The molecule has 2 atom stereocenters. The van der Waals surface area contributed by atoms with Gasteiger partial charge in [-0.05, 0) is 24.2 Å². The number of nitrogens with zero attached hydrogens (tertiary/aromatic N) is 1. The van der Waals surface area contributed by atoms with Crippen molar-refractivity contribution in [3.63, 3.8) is 0 Å². The Hall–Kier alpha value is -3.01. The van der Waals surface area contributed by atoms with E-state index in [-0.39, 0.29) is 24.3 Å². The number of carbonyl (C=O) groups excluding carboxylic acids is 3. The van der Waals surface area contributed by atoms with E-state index in [2.05, 4.69) is 5.32 Å². The van der Waals surface area contributed by atoms with Gasteiger partial charge in [0.25, 0.3) is 11.8 Å². The van der Waals surface area contributed by atoms with E-state index >= 15 is 0 Å². The zero-order valence-electron chi connectivity index (χ0n) is 14.4. The molecule has 2 aliphatic rings. The Morgan fingerprint density at radius 1 is 1.00 bits per heavy atom. The maximum Gasteiger partial charge on any atom is 0.261 e. The summed E-state index contributed by atoms with van der Waals surface area (Å²) in [7, 11) is 0. The molecule has 4 rings (SSSR count). The van der Waals surface area contributed by atoms with Crippen molar-refractivity contribution in [2.45, 2.75) is 12.5 Å². The standard InChI is InChI=1S/C21H18N2O3/c1-2-22-21(14-8-4-3-5-9-14)17(18(21)13-24)12-23-19(25)15-10-6-7-11-16(15)20(23)26/h3-11,17,22H,2,12H2,1H3. The average Bonchev–Trinajstić information content (AvgIpc) is 3.24. The first-order valence-corrected chi connectivity index (χ1v) is 8.66. The van der Waals surface area contributed by atoms with Gasteiger partial charge in [0, 0.05) is 18.0 Å². The lowest BCUT2D eigenvalue weighted by Crippen LogP contribution is -2.37. The number of carbonyl (C=O) groups is 2. The Morgan fingerprint density at radius 2 is 1.58 bits per heavy atom. The van der Waals surface area contributed by atoms with Crippen molar-refractivity contribution < 1.29 is 14.4 Å². The summed E-state index contributed by atoms with van der Waals surface area (Å²) in [6.45, 7) is 2.78. The minimum Gasteiger partial charge on any atom is -0.303 e. The number of nitrogens with one attached hydrogen (secondary N) is 1. The topological polar surface area (TPSA) is 66.5 Å². The number of imide groups is 1. The maximum atomic E-state index is 12.6. The Bertz CT molecular complexity index is 912. The van der Waals surface area contributed by atoms with Crippen LogP contribution in [-0.2, 0) is 10.3 Å². The molecule has 5 heteroatoms. The normalized spacial score (nSPS) is 23.8. The molecule has 5 nitrogen and oxygen atoms in total. The van der Waals surface area contributed by atoms with Crippen LogP contribution in [-0.4, -0.2) is 35.7 Å². The fourth-order valence-corrected chi connectivity index (χ4v) is 4.02. The fraction of sp³-hybridized carbons (Fsp3) is 0.238. The van der Waals surface area contributed by atoms with Crippen LogP contribution in [0.1, 0.15) is 33.2 Å². The Balaban J connectivity index is 1.68. The van der Waals surface area contributed by atoms with E-state index in [0.29, 0.717) is 23.2 Å². The summed E-state index contributed by atoms with van der Waals surface area (Å²) in [5, 5.41) is 3.38. The molecule has 1 aliphatic heterocycles. The van der Waals surface area contributed by atoms with Crippen LogP contribution in [0.3, 0.4) is 0 Å². The van der Waals surface area contributed by atoms with Crippen molar-refractivity contribution in [2.75, 3.05) is 13.1 Å². The van der Waals surface area contributed by atoms with Gasteiger partial charge in [0.15, 0.2) is 0 Å². The first-order valence-electron chi connectivity index (χ1n) is 8.66. The molecule has 0 spiro atoms. The SMILES string of the molecule is CCNC1(c2ccccc2)C(=C=O)C1CN1C(=O)c2ccccc2C1=O. The lowest BCUT2D eigenvalue weighted by molar-refractivity contribution is 0.0643. The molecule has 1 N–H and O–H groups in total. The van der Waals surface area contributed by atoms with E-state index in [1.807, 2.05) is 43.2 Å². The summed E-state index contributed by atoms with van der Waals surface area (Å²) in [5.41, 5.74) is 1.68. The zero-order chi connectivity index (χ0) is 18.3. The van der Waals surface area contributed by atoms with Crippen LogP contribution in [0.15, 0.2) is 60.2 Å². The Labute approximate surface area is 151 Å². The molecule has 130 valence electrons. The predicted molar refractivity (Wildman–Crippen MR) is 96.3 cm³/mol. The molecule has 0 radical (unpaired) electrons. The summed E-state index contributed by atoms with van der Waals surface area (Å²) >= 11 is 0. The first kappa shape index (κ1) is 16.5.